The van der Waals surface area contributed by atoms with E-state index < -0.39 is 15.7 Å². The second-order valence-corrected chi connectivity index (χ2v) is 11.1. The van der Waals surface area contributed by atoms with Gasteiger partial charge in [-0.2, -0.15) is 9.97 Å². The van der Waals surface area contributed by atoms with Crippen LogP contribution in [0.5, 0.6) is 11.8 Å². The number of aromatic nitrogens is 2. The second kappa shape index (κ2) is 9.26. The minimum atomic E-state index is -3.06. The predicted molar refractivity (Wildman–Crippen MR) is 136 cm³/mol. The van der Waals surface area contributed by atoms with Gasteiger partial charge in [-0.05, 0) is 43.5 Å². The van der Waals surface area contributed by atoms with Crippen molar-refractivity contribution in [1.82, 2.24) is 9.97 Å². The lowest BCUT2D eigenvalue weighted by Crippen LogP contribution is -2.40. The molecule has 0 bridgehead atoms. The number of nitrogens with one attached hydrogen (secondary N) is 1. The second-order valence-electron chi connectivity index (χ2n) is 8.80. The Morgan fingerprint density at radius 3 is 2.74 bits per heavy atom. The number of hydrogen-bond acceptors (Lipinski definition) is 8. The standard InChI is InChI=1S/C25H26FN5O3S/c1-3-4-17-13-21(27-15-17)28-22-14-23(31-7-9-35(32,33)10-8-31)30-25(29-22)34-20-6-5-18-11-16(2)12-19(18)24(20)26/h3-6,12-14H,7-11,15H2,1-2H3,(H,27,28,29,30)/b4-3+. The first-order valence-electron chi connectivity index (χ1n) is 11.5. The molecule has 0 unspecified atom stereocenters. The third-order valence-electron chi connectivity index (χ3n) is 6.05. The Balaban J connectivity index is 1.46. The molecule has 1 saturated heterocycles. The van der Waals surface area contributed by atoms with Gasteiger partial charge in [0.2, 0.25) is 0 Å². The number of hydrogen-bond donors (Lipinski definition) is 1. The van der Waals surface area contributed by atoms with Crippen LogP contribution in [0.4, 0.5) is 16.0 Å². The normalized spacial score (nSPS) is 18.8. The number of aliphatic imine (C=N–C) groups is 1. The average Bonchev–Trinajstić information content (AvgIpc) is 3.42. The van der Waals surface area contributed by atoms with E-state index in [0.717, 1.165) is 23.1 Å². The number of benzene rings is 1. The minimum Gasteiger partial charge on any atom is -0.421 e. The number of fused-ring (bicyclic) bond motifs is 1. The molecule has 0 saturated carbocycles. The van der Waals surface area contributed by atoms with Gasteiger partial charge < -0.3 is 15.0 Å². The van der Waals surface area contributed by atoms with Gasteiger partial charge >= 0.3 is 6.01 Å². The molecule has 1 aromatic carbocycles. The largest absolute Gasteiger partial charge is 0.421 e. The Hall–Kier alpha value is -3.53. The highest BCUT2D eigenvalue weighted by Gasteiger charge is 2.25. The molecule has 1 aromatic heterocycles. The summed E-state index contributed by atoms with van der Waals surface area (Å²) in [4.78, 5) is 15.2. The van der Waals surface area contributed by atoms with Crippen molar-refractivity contribution in [1.29, 1.82) is 0 Å². The van der Waals surface area contributed by atoms with Crippen LogP contribution in [0.15, 0.2) is 52.6 Å². The smallest absolute Gasteiger partial charge is 0.326 e. The maximum absolute atomic E-state index is 15.2. The number of anilines is 2. The van der Waals surface area contributed by atoms with Crippen molar-refractivity contribution in [3.63, 3.8) is 0 Å². The number of nitrogens with zero attached hydrogens (tertiary/aromatic N) is 4. The molecule has 2 aromatic rings. The highest BCUT2D eigenvalue weighted by molar-refractivity contribution is 7.91. The summed E-state index contributed by atoms with van der Waals surface area (Å²) in [6, 6.07) is 5.12. The molecule has 3 heterocycles. The Labute approximate surface area is 203 Å². The zero-order valence-corrected chi connectivity index (χ0v) is 20.4. The molecular weight excluding hydrogens is 469 g/mol. The van der Waals surface area contributed by atoms with E-state index in [9.17, 15) is 8.42 Å². The quantitative estimate of drug-likeness (QED) is 0.671. The Bertz CT molecular complexity index is 1400. The third-order valence-corrected chi connectivity index (χ3v) is 7.66. The fourth-order valence-electron chi connectivity index (χ4n) is 4.29. The van der Waals surface area contributed by atoms with Gasteiger partial charge in [0.25, 0.3) is 0 Å². The van der Waals surface area contributed by atoms with E-state index in [1.54, 1.807) is 12.1 Å². The summed E-state index contributed by atoms with van der Waals surface area (Å²) in [5, 5.41) is 3.17. The van der Waals surface area contributed by atoms with Gasteiger partial charge in [-0.15, -0.1) is 0 Å². The monoisotopic (exact) mass is 495 g/mol. The summed E-state index contributed by atoms with van der Waals surface area (Å²) in [5.74, 6) is 1.23. The van der Waals surface area contributed by atoms with Crippen LogP contribution in [-0.2, 0) is 16.3 Å². The van der Waals surface area contributed by atoms with Gasteiger partial charge in [-0.1, -0.05) is 29.9 Å². The summed E-state index contributed by atoms with van der Waals surface area (Å²) in [7, 11) is -3.06. The summed E-state index contributed by atoms with van der Waals surface area (Å²) >= 11 is 0. The van der Waals surface area contributed by atoms with Crippen LogP contribution >= 0.6 is 0 Å². The van der Waals surface area contributed by atoms with Gasteiger partial charge in [0, 0.05) is 24.7 Å². The molecule has 8 nitrogen and oxygen atoms in total. The molecule has 2 aliphatic heterocycles. The number of sulfone groups is 1. The molecule has 10 heteroatoms. The molecule has 1 aliphatic carbocycles. The van der Waals surface area contributed by atoms with Crippen molar-refractivity contribution in [2.45, 2.75) is 20.3 Å². The van der Waals surface area contributed by atoms with Gasteiger partial charge in [0.05, 0.1) is 18.1 Å². The number of rotatable bonds is 5. The molecule has 1 N–H and O–H groups in total. The van der Waals surface area contributed by atoms with Crippen molar-refractivity contribution >= 4 is 33.4 Å². The van der Waals surface area contributed by atoms with Crippen LogP contribution < -0.4 is 15.0 Å². The van der Waals surface area contributed by atoms with Gasteiger partial charge in [-0.3, -0.25) is 4.99 Å². The Morgan fingerprint density at radius 2 is 1.97 bits per heavy atom. The third kappa shape index (κ3) is 5.12. The highest BCUT2D eigenvalue weighted by Crippen LogP contribution is 2.34. The van der Waals surface area contributed by atoms with E-state index in [4.69, 9.17) is 4.74 Å². The van der Waals surface area contributed by atoms with Crippen LogP contribution in [0.3, 0.4) is 0 Å². The van der Waals surface area contributed by atoms with Crippen molar-refractivity contribution < 1.29 is 17.5 Å². The lowest BCUT2D eigenvalue weighted by atomic mass is 10.1. The van der Waals surface area contributed by atoms with E-state index in [2.05, 4.69) is 20.3 Å². The van der Waals surface area contributed by atoms with Crippen LogP contribution in [0.25, 0.3) is 6.08 Å². The summed E-state index contributed by atoms with van der Waals surface area (Å²) < 4.78 is 44.8. The first kappa shape index (κ1) is 23.2. The molecule has 0 atom stereocenters. The minimum absolute atomic E-state index is 0.0347. The molecule has 1 fully saturated rings. The van der Waals surface area contributed by atoms with E-state index in [0.29, 0.717) is 42.7 Å². The van der Waals surface area contributed by atoms with Crippen molar-refractivity contribution in [2.75, 3.05) is 41.4 Å². The topological polar surface area (TPSA) is 96.8 Å². The maximum atomic E-state index is 15.2. The van der Waals surface area contributed by atoms with Crippen molar-refractivity contribution in [3.8, 4) is 11.8 Å². The molecule has 3 aliphatic rings. The van der Waals surface area contributed by atoms with Crippen LogP contribution in [-0.4, -0.2) is 55.4 Å². The Kier molecular flexibility index (Phi) is 6.14. The fourth-order valence-corrected chi connectivity index (χ4v) is 5.49. The first-order chi connectivity index (χ1) is 16.8. The molecule has 0 spiro atoms. The molecule has 182 valence electrons. The van der Waals surface area contributed by atoms with Crippen molar-refractivity contribution in [3.05, 3.63) is 64.5 Å². The number of allylic oxidation sites excluding steroid dienone is 2. The molecular formula is C25H26FN5O3S. The first-order valence-corrected chi connectivity index (χ1v) is 13.3. The molecule has 0 radical (unpaired) electrons. The van der Waals surface area contributed by atoms with E-state index in [1.807, 2.05) is 49.1 Å². The molecule has 35 heavy (non-hydrogen) atoms. The SMILES string of the molecule is C/C=C/C1=CC(Nc2cc(N3CCS(=O)(=O)CC3)nc(Oc3ccc4c(c3F)C=C(C)C4)n2)=NC1. The van der Waals surface area contributed by atoms with Gasteiger partial charge in [0.1, 0.15) is 17.5 Å². The predicted octanol–water partition coefficient (Wildman–Crippen LogP) is 3.93. The van der Waals surface area contributed by atoms with Gasteiger partial charge in [-0.25, -0.2) is 12.8 Å². The maximum Gasteiger partial charge on any atom is 0.326 e. The molecule has 5 rings (SSSR count). The highest BCUT2D eigenvalue weighted by atomic mass is 32.2. The zero-order valence-electron chi connectivity index (χ0n) is 19.6. The Morgan fingerprint density at radius 1 is 1.17 bits per heavy atom. The number of ether oxygens (including phenoxy) is 1. The summed E-state index contributed by atoms with van der Waals surface area (Å²) in [6.07, 6.45) is 8.40. The van der Waals surface area contributed by atoms with Gasteiger partial charge in [0.15, 0.2) is 21.4 Å². The fraction of sp³-hybridized carbons (Fsp3) is 0.320. The van der Waals surface area contributed by atoms with E-state index in [-0.39, 0.29) is 23.3 Å². The van der Waals surface area contributed by atoms with E-state index in [1.165, 1.54) is 0 Å². The summed E-state index contributed by atoms with van der Waals surface area (Å²) in [6.45, 7) is 5.08. The zero-order chi connectivity index (χ0) is 24.6. The average molecular weight is 496 g/mol. The molecule has 0 amide bonds. The lowest BCUT2D eigenvalue weighted by Gasteiger charge is -2.28. The van der Waals surface area contributed by atoms with Crippen molar-refractivity contribution in [2.24, 2.45) is 4.99 Å². The van der Waals surface area contributed by atoms with E-state index >= 15 is 4.39 Å². The summed E-state index contributed by atoms with van der Waals surface area (Å²) in [5.41, 5.74) is 3.59. The van der Waals surface area contributed by atoms with Crippen LogP contribution in [0, 0.1) is 5.82 Å². The number of amidine groups is 1. The lowest BCUT2D eigenvalue weighted by molar-refractivity contribution is 0.411. The van der Waals surface area contributed by atoms with Crippen LogP contribution in [0.1, 0.15) is 25.0 Å². The van der Waals surface area contributed by atoms with Crippen LogP contribution in [0.2, 0.25) is 0 Å². The number of halogens is 1.